The van der Waals surface area contributed by atoms with Gasteiger partial charge in [0.2, 0.25) is 5.95 Å². The number of hydrogen-bond donors (Lipinski definition) is 1. The standard InChI is InChI=1S/C19H21FN6/c1-12-9-13(2)11-26(10-12)19-24-17-16(21-7-8-22-17)18(25-19)23-15-5-3-14(20)4-6-15/h3-8,12-13H,9-11H2,1-2H3,(H,22,23,24,25). The number of aromatic nitrogens is 4. The minimum absolute atomic E-state index is 0.278. The van der Waals surface area contributed by atoms with Gasteiger partial charge in [0.05, 0.1) is 0 Å². The van der Waals surface area contributed by atoms with Crippen LogP contribution in [0.5, 0.6) is 0 Å². The molecule has 6 nitrogen and oxygen atoms in total. The molecule has 0 saturated carbocycles. The van der Waals surface area contributed by atoms with E-state index in [2.05, 4.69) is 39.0 Å². The lowest BCUT2D eigenvalue weighted by Gasteiger charge is -2.35. The third kappa shape index (κ3) is 3.42. The number of halogens is 1. The summed E-state index contributed by atoms with van der Waals surface area (Å²) in [4.78, 5) is 20.3. The van der Waals surface area contributed by atoms with E-state index in [4.69, 9.17) is 4.98 Å². The molecule has 4 rings (SSSR count). The van der Waals surface area contributed by atoms with E-state index in [9.17, 15) is 4.39 Å². The van der Waals surface area contributed by atoms with Crippen LogP contribution in [0.4, 0.5) is 21.8 Å². The highest BCUT2D eigenvalue weighted by Gasteiger charge is 2.25. The van der Waals surface area contributed by atoms with Gasteiger partial charge in [0.15, 0.2) is 17.0 Å². The Labute approximate surface area is 151 Å². The quantitative estimate of drug-likeness (QED) is 0.774. The number of piperidine rings is 1. The van der Waals surface area contributed by atoms with E-state index in [0.717, 1.165) is 18.8 Å². The van der Waals surface area contributed by atoms with Crippen LogP contribution in [0.25, 0.3) is 11.2 Å². The van der Waals surface area contributed by atoms with Crippen LogP contribution in [0.1, 0.15) is 20.3 Å². The van der Waals surface area contributed by atoms with Crippen LogP contribution in [0.2, 0.25) is 0 Å². The molecule has 1 saturated heterocycles. The van der Waals surface area contributed by atoms with Gasteiger partial charge in [0, 0.05) is 31.2 Å². The summed E-state index contributed by atoms with van der Waals surface area (Å²) in [7, 11) is 0. The maximum atomic E-state index is 13.2. The average Bonchev–Trinajstić information content (AvgIpc) is 2.63. The SMILES string of the molecule is CC1CC(C)CN(c2nc(Nc3ccc(F)cc3)c3nccnc3n2)C1. The van der Waals surface area contributed by atoms with Crippen molar-refractivity contribution in [2.45, 2.75) is 20.3 Å². The lowest BCUT2D eigenvalue weighted by atomic mass is 9.92. The molecule has 1 aliphatic rings. The predicted octanol–water partition coefficient (Wildman–Crippen LogP) is 3.78. The van der Waals surface area contributed by atoms with Gasteiger partial charge in [-0.1, -0.05) is 13.8 Å². The van der Waals surface area contributed by atoms with Crippen molar-refractivity contribution in [3.63, 3.8) is 0 Å². The predicted molar refractivity (Wildman–Crippen MR) is 100.0 cm³/mol. The number of nitrogens with zero attached hydrogens (tertiary/aromatic N) is 5. The van der Waals surface area contributed by atoms with Gasteiger partial charge in [-0.2, -0.15) is 9.97 Å². The lowest BCUT2D eigenvalue weighted by Crippen LogP contribution is -2.39. The van der Waals surface area contributed by atoms with Gasteiger partial charge in [-0.15, -0.1) is 0 Å². The highest BCUT2D eigenvalue weighted by molar-refractivity contribution is 5.85. The van der Waals surface area contributed by atoms with E-state index in [1.165, 1.54) is 18.6 Å². The zero-order valence-electron chi connectivity index (χ0n) is 14.9. The molecule has 2 aromatic heterocycles. The highest BCUT2D eigenvalue weighted by Crippen LogP contribution is 2.28. The van der Waals surface area contributed by atoms with Gasteiger partial charge in [-0.05, 0) is 42.5 Å². The Morgan fingerprint density at radius 3 is 2.42 bits per heavy atom. The zero-order valence-corrected chi connectivity index (χ0v) is 14.9. The zero-order chi connectivity index (χ0) is 18.1. The first-order chi connectivity index (χ1) is 12.6. The molecular weight excluding hydrogens is 331 g/mol. The highest BCUT2D eigenvalue weighted by atomic mass is 19.1. The summed E-state index contributed by atoms with van der Waals surface area (Å²) in [5.74, 6) is 2.14. The van der Waals surface area contributed by atoms with Crippen LogP contribution in [0.3, 0.4) is 0 Å². The second-order valence-corrected chi connectivity index (χ2v) is 7.08. The second kappa shape index (κ2) is 6.82. The Kier molecular flexibility index (Phi) is 4.36. The fraction of sp³-hybridized carbons (Fsp3) is 0.368. The summed E-state index contributed by atoms with van der Waals surface area (Å²) in [6.07, 6.45) is 4.46. The molecule has 0 bridgehead atoms. The van der Waals surface area contributed by atoms with Crippen LogP contribution >= 0.6 is 0 Å². The van der Waals surface area contributed by atoms with Gasteiger partial charge in [-0.3, -0.25) is 0 Å². The normalized spacial score (nSPS) is 20.3. The molecule has 0 aliphatic carbocycles. The van der Waals surface area contributed by atoms with Crippen molar-refractivity contribution < 1.29 is 4.39 Å². The van der Waals surface area contributed by atoms with E-state index in [0.29, 0.717) is 34.8 Å². The smallest absolute Gasteiger partial charge is 0.229 e. The maximum absolute atomic E-state index is 13.2. The molecule has 3 heterocycles. The van der Waals surface area contributed by atoms with Crippen molar-refractivity contribution in [1.82, 2.24) is 19.9 Å². The number of hydrogen-bond acceptors (Lipinski definition) is 6. The molecule has 1 N–H and O–H groups in total. The van der Waals surface area contributed by atoms with Gasteiger partial charge < -0.3 is 10.2 Å². The van der Waals surface area contributed by atoms with Gasteiger partial charge in [0.1, 0.15) is 5.82 Å². The summed E-state index contributed by atoms with van der Waals surface area (Å²) in [6.45, 7) is 6.35. The molecular formula is C19H21FN6. The van der Waals surface area contributed by atoms with E-state index in [1.54, 1.807) is 24.5 Å². The summed E-state index contributed by atoms with van der Waals surface area (Å²) in [5.41, 5.74) is 1.88. The first-order valence-corrected chi connectivity index (χ1v) is 8.85. The Hall–Kier alpha value is -2.83. The second-order valence-electron chi connectivity index (χ2n) is 7.08. The van der Waals surface area contributed by atoms with Gasteiger partial charge in [-0.25, -0.2) is 14.4 Å². The Balaban J connectivity index is 1.74. The lowest BCUT2D eigenvalue weighted by molar-refractivity contribution is 0.354. The molecule has 134 valence electrons. The average molecular weight is 352 g/mol. The van der Waals surface area contributed by atoms with Crippen molar-refractivity contribution >= 4 is 28.6 Å². The van der Waals surface area contributed by atoms with Crippen molar-refractivity contribution in [2.24, 2.45) is 11.8 Å². The van der Waals surface area contributed by atoms with Crippen LogP contribution in [0, 0.1) is 17.7 Å². The summed E-state index contributed by atoms with van der Waals surface area (Å²) in [5, 5.41) is 3.23. The molecule has 1 aliphatic heterocycles. The summed E-state index contributed by atoms with van der Waals surface area (Å²) >= 11 is 0. The number of rotatable bonds is 3. The Bertz CT molecular complexity index is 904. The van der Waals surface area contributed by atoms with E-state index < -0.39 is 0 Å². The first kappa shape index (κ1) is 16.6. The third-order valence-electron chi connectivity index (χ3n) is 4.58. The molecule has 1 aromatic carbocycles. The third-order valence-corrected chi connectivity index (χ3v) is 4.58. The molecule has 0 amide bonds. The Morgan fingerprint density at radius 2 is 1.69 bits per heavy atom. The summed E-state index contributed by atoms with van der Waals surface area (Å²) in [6, 6.07) is 6.16. The van der Waals surface area contributed by atoms with Crippen LogP contribution in [-0.4, -0.2) is 33.0 Å². The molecule has 2 unspecified atom stereocenters. The molecule has 2 atom stereocenters. The number of fused-ring (bicyclic) bond motifs is 1. The Morgan fingerprint density at radius 1 is 1.00 bits per heavy atom. The summed E-state index contributed by atoms with van der Waals surface area (Å²) < 4.78 is 13.2. The van der Waals surface area contributed by atoms with E-state index in [-0.39, 0.29) is 5.82 Å². The van der Waals surface area contributed by atoms with Crippen LogP contribution in [-0.2, 0) is 0 Å². The minimum Gasteiger partial charge on any atom is -0.340 e. The van der Waals surface area contributed by atoms with E-state index in [1.807, 2.05) is 0 Å². The number of benzene rings is 1. The monoisotopic (exact) mass is 352 g/mol. The van der Waals surface area contributed by atoms with E-state index >= 15 is 0 Å². The number of anilines is 3. The van der Waals surface area contributed by atoms with Gasteiger partial charge in [0.25, 0.3) is 0 Å². The molecule has 0 spiro atoms. The van der Waals surface area contributed by atoms with Crippen molar-refractivity contribution in [2.75, 3.05) is 23.3 Å². The van der Waals surface area contributed by atoms with Crippen LogP contribution in [0.15, 0.2) is 36.7 Å². The van der Waals surface area contributed by atoms with Crippen LogP contribution < -0.4 is 10.2 Å². The minimum atomic E-state index is -0.278. The number of nitrogens with one attached hydrogen (secondary N) is 1. The van der Waals surface area contributed by atoms with Crippen molar-refractivity contribution in [1.29, 1.82) is 0 Å². The van der Waals surface area contributed by atoms with Gasteiger partial charge >= 0.3 is 0 Å². The fourth-order valence-corrected chi connectivity index (χ4v) is 3.58. The fourth-order valence-electron chi connectivity index (χ4n) is 3.58. The molecule has 1 fully saturated rings. The molecule has 3 aromatic rings. The largest absolute Gasteiger partial charge is 0.340 e. The maximum Gasteiger partial charge on any atom is 0.229 e. The van der Waals surface area contributed by atoms with Crippen molar-refractivity contribution in [3.05, 3.63) is 42.5 Å². The van der Waals surface area contributed by atoms with Crippen molar-refractivity contribution in [3.8, 4) is 0 Å². The first-order valence-electron chi connectivity index (χ1n) is 8.85. The molecule has 7 heteroatoms. The molecule has 0 radical (unpaired) electrons. The topological polar surface area (TPSA) is 66.8 Å². The molecule has 26 heavy (non-hydrogen) atoms.